The Morgan fingerprint density at radius 2 is 2.23 bits per heavy atom. The standard InChI is InChI=1S/C14H19N5O3/c1-10-16-13(18-22-10)9-19-5-2-11(3-6-19)8-15-14(20)12-4-7-21-17-12/h4,7,11H,2-3,5-6,8-9H2,1H3,(H,15,20). The third kappa shape index (κ3) is 3.70. The highest BCUT2D eigenvalue weighted by Gasteiger charge is 2.21. The molecule has 8 heteroatoms. The van der Waals surface area contributed by atoms with Gasteiger partial charge in [-0.15, -0.1) is 0 Å². The largest absolute Gasteiger partial charge is 0.364 e. The maximum absolute atomic E-state index is 11.8. The number of nitrogens with zero attached hydrogens (tertiary/aromatic N) is 4. The average molecular weight is 305 g/mol. The number of rotatable bonds is 5. The molecule has 0 aromatic carbocycles. The third-order valence-corrected chi connectivity index (χ3v) is 3.86. The molecule has 3 heterocycles. The van der Waals surface area contributed by atoms with Crippen LogP contribution in [0.2, 0.25) is 0 Å². The van der Waals surface area contributed by atoms with E-state index in [1.54, 1.807) is 13.0 Å². The monoisotopic (exact) mass is 305 g/mol. The molecule has 0 unspecified atom stereocenters. The molecule has 0 aliphatic carbocycles. The second-order valence-corrected chi connectivity index (χ2v) is 5.54. The summed E-state index contributed by atoms with van der Waals surface area (Å²) < 4.78 is 9.64. The van der Waals surface area contributed by atoms with E-state index in [0.29, 0.717) is 24.0 Å². The van der Waals surface area contributed by atoms with Crippen molar-refractivity contribution in [2.75, 3.05) is 19.6 Å². The Morgan fingerprint density at radius 3 is 2.86 bits per heavy atom. The average Bonchev–Trinajstić information content (AvgIpc) is 3.18. The normalized spacial score (nSPS) is 16.8. The molecule has 1 aliphatic heterocycles. The van der Waals surface area contributed by atoms with Crippen LogP contribution in [0, 0.1) is 12.8 Å². The first-order chi connectivity index (χ1) is 10.7. The van der Waals surface area contributed by atoms with Crippen LogP contribution >= 0.6 is 0 Å². The lowest BCUT2D eigenvalue weighted by Crippen LogP contribution is -2.38. The second-order valence-electron chi connectivity index (χ2n) is 5.54. The molecule has 0 spiro atoms. The van der Waals surface area contributed by atoms with Gasteiger partial charge < -0.3 is 14.4 Å². The van der Waals surface area contributed by atoms with Gasteiger partial charge in [0.25, 0.3) is 5.91 Å². The fraction of sp³-hybridized carbons (Fsp3) is 0.571. The molecular weight excluding hydrogens is 286 g/mol. The van der Waals surface area contributed by atoms with E-state index < -0.39 is 0 Å². The lowest BCUT2D eigenvalue weighted by Gasteiger charge is -2.31. The van der Waals surface area contributed by atoms with E-state index in [4.69, 9.17) is 4.52 Å². The van der Waals surface area contributed by atoms with Gasteiger partial charge in [-0.1, -0.05) is 10.3 Å². The molecule has 1 N–H and O–H groups in total. The van der Waals surface area contributed by atoms with Crippen molar-refractivity contribution in [3.05, 3.63) is 29.7 Å². The third-order valence-electron chi connectivity index (χ3n) is 3.86. The molecule has 2 aromatic heterocycles. The van der Waals surface area contributed by atoms with Gasteiger partial charge in [-0.25, -0.2) is 0 Å². The summed E-state index contributed by atoms with van der Waals surface area (Å²) in [6.45, 7) is 5.12. The van der Waals surface area contributed by atoms with Gasteiger partial charge in [0.05, 0.1) is 6.54 Å². The molecule has 1 amide bonds. The molecular formula is C14H19N5O3. The molecule has 22 heavy (non-hydrogen) atoms. The zero-order valence-electron chi connectivity index (χ0n) is 12.5. The molecule has 0 bridgehead atoms. The number of carbonyl (C=O) groups excluding carboxylic acids is 1. The van der Waals surface area contributed by atoms with E-state index in [1.807, 2.05) is 0 Å². The van der Waals surface area contributed by atoms with Crippen LogP contribution in [0.1, 0.15) is 35.0 Å². The highest BCUT2D eigenvalue weighted by Crippen LogP contribution is 2.17. The molecule has 1 fully saturated rings. The first-order valence-corrected chi connectivity index (χ1v) is 7.41. The van der Waals surface area contributed by atoms with Crippen LogP contribution in [-0.2, 0) is 6.54 Å². The van der Waals surface area contributed by atoms with Gasteiger partial charge in [0.1, 0.15) is 6.26 Å². The van der Waals surface area contributed by atoms with E-state index in [9.17, 15) is 4.79 Å². The van der Waals surface area contributed by atoms with Crippen LogP contribution < -0.4 is 5.32 Å². The topological polar surface area (TPSA) is 97.3 Å². The molecule has 2 aromatic rings. The summed E-state index contributed by atoms with van der Waals surface area (Å²) in [5.74, 6) is 1.63. The van der Waals surface area contributed by atoms with Crippen molar-refractivity contribution in [3.63, 3.8) is 0 Å². The lowest BCUT2D eigenvalue weighted by atomic mass is 9.97. The molecule has 1 saturated heterocycles. The van der Waals surface area contributed by atoms with Gasteiger partial charge in [-0.3, -0.25) is 9.69 Å². The smallest absolute Gasteiger partial charge is 0.273 e. The van der Waals surface area contributed by atoms with E-state index in [2.05, 4.69) is 30.0 Å². The Balaban J connectivity index is 1.39. The fourth-order valence-corrected chi connectivity index (χ4v) is 2.61. The van der Waals surface area contributed by atoms with Crippen molar-refractivity contribution in [3.8, 4) is 0 Å². The number of aromatic nitrogens is 3. The van der Waals surface area contributed by atoms with Crippen molar-refractivity contribution >= 4 is 5.91 Å². The Labute approximate surface area is 127 Å². The Morgan fingerprint density at radius 1 is 1.41 bits per heavy atom. The number of piperidine rings is 1. The summed E-state index contributed by atoms with van der Waals surface area (Å²) in [4.78, 5) is 18.3. The van der Waals surface area contributed by atoms with E-state index in [-0.39, 0.29) is 5.91 Å². The van der Waals surface area contributed by atoms with Crippen molar-refractivity contribution < 1.29 is 13.8 Å². The van der Waals surface area contributed by atoms with E-state index in [1.165, 1.54) is 6.26 Å². The summed E-state index contributed by atoms with van der Waals surface area (Å²) in [6, 6.07) is 1.56. The minimum Gasteiger partial charge on any atom is -0.364 e. The maximum atomic E-state index is 11.8. The van der Waals surface area contributed by atoms with Gasteiger partial charge in [0.15, 0.2) is 11.5 Å². The fourth-order valence-electron chi connectivity index (χ4n) is 2.61. The molecule has 118 valence electrons. The van der Waals surface area contributed by atoms with Crippen LogP contribution in [0.15, 0.2) is 21.4 Å². The predicted molar refractivity (Wildman–Crippen MR) is 75.9 cm³/mol. The number of likely N-dealkylation sites (tertiary alicyclic amines) is 1. The van der Waals surface area contributed by atoms with E-state index >= 15 is 0 Å². The zero-order valence-corrected chi connectivity index (χ0v) is 12.5. The Hall–Kier alpha value is -2.22. The van der Waals surface area contributed by atoms with Gasteiger partial charge >= 0.3 is 0 Å². The first-order valence-electron chi connectivity index (χ1n) is 7.41. The summed E-state index contributed by atoms with van der Waals surface area (Å²) in [6.07, 6.45) is 3.47. The number of amides is 1. The molecule has 0 radical (unpaired) electrons. The first kappa shape index (κ1) is 14.7. The molecule has 8 nitrogen and oxygen atoms in total. The number of hydrogen-bond donors (Lipinski definition) is 1. The van der Waals surface area contributed by atoms with Crippen LogP contribution in [0.4, 0.5) is 0 Å². The predicted octanol–water partition coefficient (Wildman–Crippen LogP) is 1.01. The summed E-state index contributed by atoms with van der Waals surface area (Å²) in [7, 11) is 0. The SMILES string of the molecule is Cc1nc(CN2CCC(CNC(=O)c3ccon3)CC2)no1. The van der Waals surface area contributed by atoms with Crippen molar-refractivity contribution in [1.29, 1.82) is 0 Å². The van der Waals surface area contributed by atoms with Gasteiger partial charge in [0.2, 0.25) is 5.89 Å². The quantitative estimate of drug-likeness (QED) is 0.880. The van der Waals surface area contributed by atoms with Crippen LogP contribution in [0.25, 0.3) is 0 Å². The molecule has 0 saturated carbocycles. The van der Waals surface area contributed by atoms with Gasteiger partial charge in [0, 0.05) is 19.5 Å². The summed E-state index contributed by atoms with van der Waals surface area (Å²) in [5.41, 5.74) is 0.324. The lowest BCUT2D eigenvalue weighted by molar-refractivity contribution is 0.0925. The van der Waals surface area contributed by atoms with Gasteiger partial charge in [-0.2, -0.15) is 4.98 Å². The van der Waals surface area contributed by atoms with Crippen LogP contribution in [0.5, 0.6) is 0 Å². The summed E-state index contributed by atoms with van der Waals surface area (Å²) in [5, 5.41) is 10.4. The van der Waals surface area contributed by atoms with Crippen LogP contribution in [-0.4, -0.2) is 45.7 Å². The van der Waals surface area contributed by atoms with Gasteiger partial charge in [-0.05, 0) is 31.8 Å². The molecule has 1 aliphatic rings. The van der Waals surface area contributed by atoms with E-state index in [0.717, 1.165) is 38.3 Å². The second kappa shape index (κ2) is 6.69. The number of aryl methyl sites for hydroxylation is 1. The highest BCUT2D eigenvalue weighted by molar-refractivity contribution is 5.91. The minimum absolute atomic E-state index is 0.182. The Bertz CT molecular complexity index is 602. The number of hydrogen-bond acceptors (Lipinski definition) is 7. The van der Waals surface area contributed by atoms with Crippen LogP contribution in [0.3, 0.4) is 0 Å². The Kier molecular flexibility index (Phi) is 4.47. The molecule has 3 rings (SSSR count). The number of nitrogens with one attached hydrogen (secondary N) is 1. The minimum atomic E-state index is -0.182. The zero-order chi connectivity index (χ0) is 15.4. The van der Waals surface area contributed by atoms with Crippen molar-refractivity contribution in [2.45, 2.75) is 26.3 Å². The van der Waals surface area contributed by atoms with Crippen molar-refractivity contribution in [2.24, 2.45) is 5.92 Å². The number of carbonyl (C=O) groups is 1. The maximum Gasteiger partial charge on any atom is 0.273 e. The summed E-state index contributed by atoms with van der Waals surface area (Å²) >= 11 is 0. The molecule has 0 atom stereocenters. The highest BCUT2D eigenvalue weighted by atomic mass is 16.5. The van der Waals surface area contributed by atoms with Crippen molar-refractivity contribution in [1.82, 2.24) is 25.5 Å².